The third-order valence-electron chi connectivity index (χ3n) is 3.80. The van der Waals surface area contributed by atoms with Gasteiger partial charge in [0.2, 0.25) is 0 Å². The number of amides is 1. The number of thioether (sulfide) groups is 1. The molecule has 3 N–H and O–H groups in total. The maximum atomic E-state index is 12.3. The zero-order valence-corrected chi connectivity index (χ0v) is 11.7. The highest BCUT2D eigenvalue weighted by Crippen LogP contribution is 2.56. The van der Waals surface area contributed by atoms with E-state index in [1.54, 1.807) is 13.8 Å². The Morgan fingerprint density at radius 3 is 2.35 bits per heavy atom. The van der Waals surface area contributed by atoms with Crippen molar-refractivity contribution in [1.29, 1.82) is 0 Å². The van der Waals surface area contributed by atoms with Crippen LogP contribution in [-0.2, 0) is 9.59 Å². The molecule has 8 heteroatoms. The van der Waals surface area contributed by atoms with Crippen molar-refractivity contribution in [2.45, 2.75) is 36.1 Å². The molecule has 3 atom stereocenters. The van der Waals surface area contributed by atoms with Crippen molar-refractivity contribution in [3.63, 3.8) is 0 Å². The summed E-state index contributed by atoms with van der Waals surface area (Å²) in [6.07, 6.45) is 0. The maximum Gasteiger partial charge on any atom is 0.327 e. The number of carbonyl (C=O) groups excluding carboxylic acids is 1. The van der Waals surface area contributed by atoms with E-state index >= 15 is 0 Å². The van der Waals surface area contributed by atoms with Gasteiger partial charge in [-0.15, -0.1) is 11.8 Å². The van der Waals surface area contributed by atoms with E-state index in [9.17, 15) is 24.9 Å². The number of carboxylic acid groups (broad SMARTS) is 1. The normalized spacial score (nSPS) is 31.0. The van der Waals surface area contributed by atoms with Gasteiger partial charge in [0.25, 0.3) is 5.91 Å². The number of aliphatic carboxylic acids is 1. The van der Waals surface area contributed by atoms with Gasteiger partial charge in [0.15, 0.2) is 11.8 Å². The summed E-state index contributed by atoms with van der Waals surface area (Å²) in [5, 5.41) is 28.3. The molecule has 2 fully saturated rings. The summed E-state index contributed by atoms with van der Waals surface area (Å²) in [4.78, 5) is 24.9. The van der Waals surface area contributed by atoms with E-state index < -0.39 is 34.1 Å². The first-order valence-corrected chi connectivity index (χ1v) is 6.95. The molecule has 108 valence electrons. The van der Waals surface area contributed by atoms with Gasteiger partial charge in [-0.1, -0.05) is 0 Å². The molecule has 1 aromatic heterocycles. The van der Waals surface area contributed by atoms with E-state index in [1.165, 1.54) is 28.8 Å². The summed E-state index contributed by atoms with van der Waals surface area (Å²) in [6, 6.07) is 0.926. The molecule has 0 aliphatic carbocycles. The third kappa shape index (κ3) is 1.48. The third-order valence-corrected chi connectivity index (χ3v) is 5.36. The molecule has 20 heavy (non-hydrogen) atoms. The molecule has 0 bridgehead atoms. The van der Waals surface area contributed by atoms with Crippen LogP contribution in [-0.4, -0.2) is 52.8 Å². The van der Waals surface area contributed by atoms with Gasteiger partial charge in [0, 0.05) is 16.9 Å². The lowest BCUT2D eigenvalue weighted by molar-refractivity contribution is -0.162. The van der Waals surface area contributed by atoms with Crippen LogP contribution in [0.3, 0.4) is 0 Å². The number of β-lactam (4-membered cyclic amide) rings is 1. The Hall–Kier alpha value is -1.83. The second-order valence-corrected chi connectivity index (χ2v) is 7.23. The molecule has 0 saturated carbocycles. The number of fused-ring (bicyclic) bond motifs is 1. The van der Waals surface area contributed by atoms with Crippen molar-refractivity contribution >= 4 is 23.6 Å². The van der Waals surface area contributed by atoms with Gasteiger partial charge >= 0.3 is 5.97 Å². The highest BCUT2D eigenvalue weighted by Gasteiger charge is 2.64. The molecule has 3 rings (SSSR count). The molecule has 0 aromatic carbocycles. The number of hydrogen-bond donors (Lipinski definition) is 3. The number of rotatable bonds is 2. The molecule has 7 nitrogen and oxygen atoms in total. The van der Waals surface area contributed by atoms with Gasteiger partial charge in [-0.2, -0.15) is 0 Å². The Morgan fingerprint density at radius 1 is 1.30 bits per heavy atom. The quantitative estimate of drug-likeness (QED) is 0.690. The van der Waals surface area contributed by atoms with Crippen LogP contribution in [0.1, 0.15) is 19.9 Å². The minimum absolute atomic E-state index is 0.210. The van der Waals surface area contributed by atoms with Crippen LogP contribution in [0.25, 0.3) is 0 Å². The van der Waals surface area contributed by atoms with Crippen LogP contribution < -0.4 is 0 Å². The fourth-order valence-corrected chi connectivity index (χ4v) is 4.61. The van der Waals surface area contributed by atoms with E-state index in [0.717, 1.165) is 4.57 Å². The first kappa shape index (κ1) is 13.2. The topological polar surface area (TPSA) is 103 Å². The molecule has 0 radical (unpaired) electrons. The van der Waals surface area contributed by atoms with Crippen molar-refractivity contribution in [1.82, 2.24) is 9.47 Å². The highest BCUT2D eigenvalue weighted by atomic mass is 32.2. The number of aromatic nitrogens is 1. The second-order valence-electron chi connectivity index (χ2n) is 5.46. The number of carboxylic acids is 1. The van der Waals surface area contributed by atoms with Gasteiger partial charge in [-0.05, 0) is 13.8 Å². The van der Waals surface area contributed by atoms with Gasteiger partial charge in [-0.25, -0.2) is 4.79 Å². The number of aromatic hydroxyl groups is 2. The van der Waals surface area contributed by atoms with Gasteiger partial charge < -0.3 is 20.2 Å². The van der Waals surface area contributed by atoms with Crippen molar-refractivity contribution in [2.24, 2.45) is 0 Å². The second kappa shape index (κ2) is 3.85. The van der Waals surface area contributed by atoms with Crippen LogP contribution >= 0.6 is 11.8 Å². The zero-order chi connectivity index (χ0) is 14.8. The fourth-order valence-electron chi connectivity index (χ4n) is 2.94. The Labute approximate surface area is 118 Å². The van der Waals surface area contributed by atoms with E-state index in [0.29, 0.717) is 0 Å². The molecule has 3 unspecified atom stereocenters. The molecule has 0 spiro atoms. The Balaban J connectivity index is 1.99. The molecule has 2 aliphatic heterocycles. The van der Waals surface area contributed by atoms with Crippen LogP contribution in [0.4, 0.5) is 0 Å². The lowest BCUT2D eigenvalue weighted by Crippen LogP contribution is -2.62. The van der Waals surface area contributed by atoms with Crippen molar-refractivity contribution in [3.8, 4) is 11.8 Å². The number of carbonyl (C=O) groups is 2. The maximum absolute atomic E-state index is 12.3. The van der Waals surface area contributed by atoms with Gasteiger partial charge in [0.05, 0.1) is 0 Å². The molecular formula is C12H14N2O5S. The van der Waals surface area contributed by atoms with Crippen molar-refractivity contribution in [2.75, 3.05) is 0 Å². The minimum Gasteiger partial charge on any atom is -0.494 e. The lowest BCUT2D eigenvalue weighted by atomic mass is 9.96. The Kier molecular flexibility index (Phi) is 2.53. The largest absolute Gasteiger partial charge is 0.494 e. The minimum atomic E-state index is -1.04. The van der Waals surface area contributed by atoms with Gasteiger partial charge in [-0.3, -0.25) is 9.36 Å². The average Bonchev–Trinajstić information content (AvgIpc) is 2.78. The zero-order valence-electron chi connectivity index (χ0n) is 10.8. The van der Waals surface area contributed by atoms with Crippen molar-refractivity contribution in [3.05, 3.63) is 12.1 Å². The summed E-state index contributed by atoms with van der Waals surface area (Å²) in [5.74, 6) is -1.87. The first-order valence-electron chi connectivity index (χ1n) is 6.07. The molecular weight excluding hydrogens is 284 g/mol. The van der Waals surface area contributed by atoms with E-state index in [-0.39, 0.29) is 11.8 Å². The fraction of sp³-hybridized carbons (Fsp3) is 0.500. The SMILES string of the molecule is CC1(C)SC2C(n3c(O)ccc3O)C(=O)N2C1C(=O)O. The molecule has 2 aliphatic rings. The predicted octanol–water partition coefficient (Wildman–Crippen LogP) is 0.587. The van der Waals surface area contributed by atoms with Crippen LogP contribution in [0.15, 0.2) is 12.1 Å². The smallest absolute Gasteiger partial charge is 0.327 e. The molecule has 1 aromatic rings. The average molecular weight is 298 g/mol. The molecule has 1 amide bonds. The van der Waals surface area contributed by atoms with Crippen molar-refractivity contribution < 1.29 is 24.9 Å². The summed E-state index contributed by atoms with van der Waals surface area (Å²) < 4.78 is 0.510. The monoisotopic (exact) mass is 298 g/mol. The lowest BCUT2D eigenvalue weighted by Gasteiger charge is -2.44. The first-order chi connectivity index (χ1) is 9.25. The van der Waals surface area contributed by atoms with E-state index in [2.05, 4.69) is 0 Å². The highest BCUT2D eigenvalue weighted by molar-refractivity contribution is 8.01. The molecule has 2 saturated heterocycles. The standard InChI is InChI=1S/C12H14N2O5S/c1-12(2)8(11(18)19)14-9(17)7(10(14)20-12)13-5(15)3-4-6(13)16/h3-4,7-8,10,15-16H,1-2H3,(H,18,19). The summed E-state index contributed by atoms with van der Waals surface area (Å²) in [5.41, 5.74) is 0. The predicted molar refractivity (Wildman–Crippen MR) is 70.5 cm³/mol. The Morgan fingerprint density at radius 2 is 1.85 bits per heavy atom. The number of hydrogen-bond acceptors (Lipinski definition) is 5. The van der Waals surface area contributed by atoms with Crippen LogP contribution in [0.5, 0.6) is 11.8 Å². The van der Waals surface area contributed by atoms with E-state index in [1.807, 2.05) is 0 Å². The summed E-state index contributed by atoms with van der Waals surface area (Å²) in [7, 11) is 0. The number of nitrogens with zero attached hydrogens (tertiary/aromatic N) is 2. The van der Waals surface area contributed by atoms with E-state index in [4.69, 9.17) is 0 Å². The Bertz CT molecular complexity index is 591. The van der Waals surface area contributed by atoms with Gasteiger partial charge in [0.1, 0.15) is 17.5 Å². The molecule has 3 heterocycles. The van der Waals surface area contributed by atoms with Crippen LogP contribution in [0.2, 0.25) is 0 Å². The summed E-state index contributed by atoms with van der Waals surface area (Å²) >= 11 is 1.36. The van der Waals surface area contributed by atoms with Crippen LogP contribution in [0, 0.1) is 0 Å². The summed E-state index contributed by atoms with van der Waals surface area (Å²) in [6.45, 7) is 3.54.